The van der Waals surface area contributed by atoms with Crippen LogP contribution in [0.15, 0.2) is 67.0 Å². The predicted octanol–water partition coefficient (Wildman–Crippen LogP) is 4.24. The Balaban J connectivity index is 1.34. The Morgan fingerprint density at radius 2 is 1.91 bits per heavy atom. The molecule has 1 aliphatic rings. The standard InChI is InChI=1S/C27H25N5O2/c1-2-12-32-13-10-21(11-14-32)29-27(33)26-24-16-19(8-9-25(24)30-31-26)20-15-23(18-28-17-20)34-22-6-4-3-5-7-22/h1,3-9,15-18,21H,10-14H2,(H,29,33)(H,30,31). The van der Waals surface area contributed by atoms with Crippen molar-refractivity contribution in [1.82, 2.24) is 25.4 Å². The third kappa shape index (κ3) is 4.77. The maximum atomic E-state index is 13.0. The van der Waals surface area contributed by atoms with Crippen LogP contribution in [-0.2, 0) is 0 Å². The van der Waals surface area contributed by atoms with Crippen molar-refractivity contribution in [3.05, 3.63) is 72.7 Å². The molecule has 0 radical (unpaired) electrons. The number of ether oxygens (including phenoxy) is 1. The van der Waals surface area contributed by atoms with E-state index in [1.807, 2.05) is 54.6 Å². The normalized spacial score (nSPS) is 14.6. The summed E-state index contributed by atoms with van der Waals surface area (Å²) in [6, 6.07) is 17.5. The zero-order valence-corrected chi connectivity index (χ0v) is 18.7. The fourth-order valence-corrected chi connectivity index (χ4v) is 4.24. The summed E-state index contributed by atoms with van der Waals surface area (Å²) in [5, 5.41) is 11.2. The van der Waals surface area contributed by atoms with Crippen LogP contribution in [0.25, 0.3) is 22.0 Å². The molecule has 0 unspecified atom stereocenters. The molecule has 0 spiro atoms. The monoisotopic (exact) mass is 451 g/mol. The molecule has 0 aliphatic carbocycles. The van der Waals surface area contributed by atoms with Gasteiger partial charge in [-0.3, -0.25) is 19.8 Å². The molecular formula is C27H25N5O2. The number of hydrogen-bond acceptors (Lipinski definition) is 5. The van der Waals surface area contributed by atoms with Gasteiger partial charge in [0.25, 0.3) is 5.91 Å². The molecule has 2 N–H and O–H groups in total. The summed E-state index contributed by atoms with van der Waals surface area (Å²) in [5.41, 5.74) is 3.02. The Morgan fingerprint density at radius 3 is 2.71 bits per heavy atom. The Kier molecular flexibility index (Phi) is 6.23. The van der Waals surface area contributed by atoms with Gasteiger partial charge in [0, 0.05) is 36.3 Å². The number of amides is 1. The zero-order chi connectivity index (χ0) is 23.3. The molecule has 5 rings (SSSR count). The summed E-state index contributed by atoms with van der Waals surface area (Å²) >= 11 is 0. The first kappa shape index (κ1) is 21.7. The van der Waals surface area contributed by atoms with Crippen LogP contribution in [0.4, 0.5) is 0 Å². The molecule has 1 fully saturated rings. The van der Waals surface area contributed by atoms with Gasteiger partial charge in [-0.15, -0.1) is 6.42 Å². The highest BCUT2D eigenvalue weighted by molar-refractivity contribution is 6.05. The van der Waals surface area contributed by atoms with Crippen LogP contribution < -0.4 is 10.1 Å². The van der Waals surface area contributed by atoms with Gasteiger partial charge in [-0.2, -0.15) is 5.10 Å². The fourth-order valence-electron chi connectivity index (χ4n) is 4.24. The maximum absolute atomic E-state index is 13.0. The van der Waals surface area contributed by atoms with Crippen LogP contribution in [0.3, 0.4) is 0 Å². The van der Waals surface area contributed by atoms with Crippen LogP contribution in [0, 0.1) is 12.3 Å². The number of fused-ring (bicyclic) bond motifs is 1. The van der Waals surface area contributed by atoms with E-state index >= 15 is 0 Å². The number of hydrogen-bond donors (Lipinski definition) is 2. The Morgan fingerprint density at radius 1 is 1.09 bits per heavy atom. The lowest BCUT2D eigenvalue weighted by Gasteiger charge is -2.30. The number of nitrogens with one attached hydrogen (secondary N) is 2. The van der Waals surface area contributed by atoms with Crippen LogP contribution in [0.5, 0.6) is 11.5 Å². The molecule has 0 atom stereocenters. The van der Waals surface area contributed by atoms with Crippen molar-refractivity contribution in [2.45, 2.75) is 18.9 Å². The Labute approximate surface area is 198 Å². The molecule has 7 nitrogen and oxygen atoms in total. The lowest BCUT2D eigenvalue weighted by atomic mass is 10.0. The molecule has 0 saturated carbocycles. The molecule has 170 valence electrons. The number of nitrogens with zero attached hydrogens (tertiary/aromatic N) is 3. The van der Waals surface area contributed by atoms with E-state index in [2.05, 4.69) is 31.3 Å². The van der Waals surface area contributed by atoms with Crippen LogP contribution in [0.2, 0.25) is 0 Å². The molecule has 2 aromatic heterocycles. The minimum absolute atomic E-state index is 0.118. The highest BCUT2D eigenvalue weighted by Gasteiger charge is 2.23. The van der Waals surface area contributed by atoms with Gasteiger partial charge in [0.05, 0.1) is 18.3 Å². The SMILES string of the molecule is C#CCN1CCC(NC(=O)c2n[nH]c3ccc(-c4cncc(Oc5ccccc5)c4)cc23)CC1. The highest BCUT2D eigenvalue weighted by Crippen LogP contribution is 2.29. The fraction of sp³-hybridized carbons (Fsp3) is 0.222. The van der Waals surface area contributed by atoms with Gasteiger partial charge in [0.1, 0.15) is 11.5 Å². The predicted molar refractivity (Wildman–Crippen MR) is 132 cm³/mol. The van der Waals surface area contributed by atoms with Crippen LogP contribution >= 0.6 is 0 Å². The lowest BCUT2D eigenvalue weighted by molar-refractivity contribution is 0.0911. The number of terminal acetylenes is 1. The molecule has 2 aromatic carbocycles. The number of aromatic nitrogens is 3. The summed E-state index contributed by atoms with van der Waals surface area (Å²) in [6.45, 7) is 2.42. The number of carbonyl (C=O) groups excluding carboxylic acids is 1. The molecule has 3 heterocycles. The second-order valence-electron chi connectivity index (χ2n) is 8.39. The number of benzene rings is 2. The van der Waals surface area contributed by atoms with E-state index in [1.165, 1.54) is 0 Å². The third-order valence-corrected chi connectivity index (χ3v) is 6.04. The van der Waals surface area contributed by atoms with Crippen molar-refractivity contribution in [3.8, 4) is 35.0 Å². The number of aromatic amines is 1. The zero-order valence-electron chi connectivity index (χ0n) is 18.7. The van der Waals surface area contributed by atoms with Gasteiger partial charge in [0.2, 0.25) is 0 Å². The second-order valence-corrected chi connectivity index (χ2v) is 8.39. The van der Waals surface area contributed by atoms with E-state index in [0.717, 1.165) is 53.7 Å². The summed E-state index contributed by atoms with van der Waals surface area (Å²) in [5.74, 6) is 3.90. The smallest absolute Gasteiger partial charge is 0.272 e. The number of carbonyl (C=O) groups is 1. The average molecular weight is 452 g/mol. The number of H-pyrrole nitrogens is 1. The number of piperidine rings is 1. The van der Waals surface area contributed by atoms with E-state index < -0.39 is 0 Å². The Hall–Kier alpha value is -4.15. The molecule has 7 heteroatoms. The first-order chi connectivity index (χ1) is 16.7. The second kappa shape index (κ2) is 9.77. The summed E-state index contributed by atoms with van der Waals surface area (Å²) in [7, 11) is 0. The van der Waals surface area contributed by atoms with Gasteiger partial charge >= 0.3 is 0 Å². The number of pyridine rings is 1. The van der Waals surface area contributed by atoms with Crippen molar-refractivity contribution in [3.63, 3.8) is 0 Å². The first-order valence-corrected chi connectivity index (χ1v) is 11.3. The molecule has 1 saturated heterocycles. The van der Waals surface area contributed by atoms with Gasteiger partial charge < -0.3 is 10.1 Å². The first-order valence-electron chi connectivity index (χ1n) is 11.3. The van der Waals surface area contributed by atoms with E-state index in [1.54, 1.807) is 12.4 Å². The van der Waals surface area contributed by atoms with Crippen LogP contribution in [0.1, 0.15) is 23.3 Å². The van der Waals surface area contributed by atoms with Crippen LogP contribution in [-0.4, -0.2) is 51.7 Å². The number of rotatable bonds is 6. The van der Waals surface area contributed by atoms with Gasteiger partial charge in [-0.05, 0) is 48.7 Å². The van der Waals surface area contributed by atoms with Gasteiger partial charge in [0.15, 0.2) is 5.69 Å². The maximum Gasteiger partial charge on any atom is 0.272 e. The van der Waals surface area contributed by atoms with Crippen molar-refractivity contribution in [1.29, 1.82) is 0 Å². The number of likely N-dealkylation sites (tertiary alicyclic amines) is 1. The minimum atomic E-state index is -0.168. The van der Waals surface area contributed by atoms with Gasteiger partial charge in [-0.25, -0.2) is 0 Å². The van der Waals surface area contributed by atoms with E-state index in [-0.39, 0.29) is 11.9 Å². The molecule has 4 aromatic rings. The van der Waals surface area contributed by atoms with Gasteiger partial charge in [-0.1, -0.05) is 30.2 Å². The topological polar surface area (TPSA) is 83.1 Å². The Bertz CT molecular complexity index is 1330. The van der Waals surface area contributed by atoms with Crippen molar-refractivity contribution in [2.24, 2.45) is 0 Å². The van der Waals surface area contributed by atoms with E-state index in [0.29, 0.717) is 18.0 Å². The summed E-state index contributed by atoms with van der Waals surface area (Å²) in [6.07, 6.45) is 10.6. The average Bonchev–Trinajstić information content (AvgIpc) is 3.30. The summed E-state index contributed by atoms with van der Waals surface area (Å²) in [4.78, 5) is 19.6. The van der Waals surface area contributed by atoms with Crippen molar-refractivity contribution < 1.29 is 9.53 Å². The lowest BCUT2D eigenvalue weighted by Crippen LogP contribution is -2.44. The molecule has 1 aliphatic heterocycles. The minimum Gasteiger partial charge on any atom is -0.456 e. The number of para-hydroxylation sites is 1. The quantitative estimate of drug-likeness (QED) is 0.429. The molecule has 0 bridgehead atoms. The summed E-state index contributed by atoms with van der Waals surface area (Å²) < 4.78 is 5.92. The van der Waals surface area contributed by atoms with Crippen molar-refractivity contribution in [2.75, 3.05) is 19.6 Å². The molecule has 34 heavy (non-hydrogen) atoms. The molecule has 1 amide bonds. The third-order valence-electron chi connectivity index (χ3n) is 6.04. The highest BCUT2D eigenvalue weighted by atomic mass is 16.5. The largest absolute Gasteiger partial charge is 0.456 e. The van der Waals surface area contributed by atoms with Crippen molar-refractivity contribution >= 4 is 16.8 Å². The van der Waals surface area contributed by atoms with E-state index in [9.17, 15) is 4.79 Å². The molecular weight excluding hydrogens is 426 g/mol. The van der Waals surface area contributed by atoms with E-state index in [4.69, 9.17) is 11.2 Å².